The molecule has 0 saturated carbocycles. The standard InChI is InChI=1S/C20H24ClIN4OP2.C2H6/c1-12-23-19-16(11-18(21)25-20(19)26(12)28-22)24-15-5-4-14(10-17(15)29(2)3)13-6-8-27-9-7-13;1-2/h4-5,10-11,13,28H,6-9H2,1-3H3,(H,24,25);1-2H3. The number of hydrogen-bond acceptors (Lipinski definition) is 4. The molecule has 1 N–H and O–H groups in total. The highest BCUT2D eigenvalue weighted by Gasteiger charge is 2.19. The minimum Gasteiger partial charge on any atom is -0.381 e. The quantitative estimate of drug-likeness (QED) is 0.194. The SMILES string of the molecule is CC.Cc1nc2c(Nc3ccc(C4CCOCC4)cc3P(C)C)cc(Cl)nc2n1PI. The number of hydrogen-bond donors (Lipinski definition) is 1. The number of imidazole rings is 1. The Morgan fingerprint density at radius 2 is 1.87 bits per heavy atom. The molecule has 3 aromatic rings. The van der Waals surface area contributed by atoms with Crippen LogP contribution in [0.5, 0.6) is 0 Å². The predicted molar refractivity (Wildman–Crippen MR) is 147 cm³/mol. The van der Waals surface area contributed by atoms with Crippen LogP contribution in [0.3, 0.4) is 0 Å². The highest BCUT2D eigenvalue weighted by Crippen LogP contribution is 2.37. The number of aryl methyl sites for hydroxylation is 1. The van der Waals surface area contributed by atoms with Gasteiger partial charge in [-0.1, -0.05) is 39.4 Å². The van der Waals surface area contributed by atoms with Crippen LogP contribution in [0.4, 0.5) is 11.4 Å². The van der Waals surface area contributed by atoms with Gasteiger partial charge in [-0.15, -0.1) is 0 Å². The van der Waals surface area contributed by atoms with Crippen LogP contribution in [-0.4, -0.2) is 40.8 Å². The smallest absolute Gasteiger partial charge is 0.167 e. The Kier molecular flexibility index (Phi) is 9.36. The molecule has 3 heterocycles. The summed E-state index contributed by atoms with van der Waals surface area (Å²) in [4.78, 5) is 9.28. The van der Waals surface area contributed by atoms with E-state index in [1.165, 1.54) is 10.9 Å². The molecule has 4 rings (SSSR count). The molecule has 0 bridgehead atoms. The molecule has 9 heteroatoms. The molecule has 1 aromatic carbocycles. The fourth-order valence-corrected chi connectivity index (χ4v) is 7.13. The lowest BCUT2D eigenvalue weighted by Gasteiger charge is -2.24. The van der Waals surface area contributed by atoms with Gasteiger partial charge in [0.15, 0.2) is 5.65 Å². The number of pyridine rings is 1. The number of ether oxygens (including phenoxy) is 1. The second-order valence-electron chi connectivity index (χ2n) is 7.43. The molecule has 31 heavy (non-hydrogen) atoms. The van der Waals surface area contributed by atoms with E-state index in [9.17, 15) is 0 Å². The number of fused-ring (bicyclic) bond motifs is 1. The lowest BCUT2D eigenvalue weighted by atomic mass is 9.91. The van der Waals surface area contributed by atoms with Crippen molar-refractivity contribution in [2.24, 2.45) is 0 Å². The van der Waals surface area contributed by atoms with Crippen molar-refractivity contribution in [1.82, 2.24) is 14.3 Å². The summed E-state index contributed by atoms with van der Waals surface area (Å²) < 4.78 is 7.64. The minimum atomic E-state index is -0.273. The lowest BCUT2D eigenvalue weighted by molar-refractivity contribution is 0.0853. The number of benzene rings is 1. The van der Waals surface area contributed by atoms with Crippen molar-refractivity contribution in [3.05, 3.63) is 40.8 Å². The third-order valence-corrected chi connectivity index (χ3v) is 8.98. The molecular formula is C22H30ClIN4OP2. The van der Waals surface area contributed by atoms with Gasteiger partial charge in [0.1, 0.15) is 16.5 Å². The zero-order valence-electron chi connectivity index (χ0n) is 18.7. The highest BCUT2D eigenvalue weighted by molar-refractivity contribution is 14.2. The Morgan fingerprint density at radius 3 is 2.52 bits per heavy atom. The summed E-state index contributed by atoms with van der Waals surface area (Å²) in [5.74, 6) is 1.55. The number of rotatable bonds is 5. The molecule has 1 aliphatic heterocycles. The fourth-order valence-electron chi connectivity index (χ4n) is 3.78. The molecule has 0 amide bonds. The number of nitrogens with one attached hydrogen (secondary N) is 1. The maximum atomic E-state index is 6.36. The summed E-state index contributed by atoms with van der Waals surface area (Å²) >= 11 is 8.71. The normalized spacial score (nSPS) is 15.0. The molecule has 0 radical (unpaired) electrons. The van der Waals surface area contributed by atoms with Gasteiger partial charge in [0.05, 0.1) is 12.1 Å². The summed E-state index contributed by atoms with van der Waals surface area (Å²) in [6, 6.07) is 8.74. The number of anilines is 2. The monoisotopic (exact) mass is 590 g/mol. The fraction of sp³-hybridized carbons (Fsp3) is 0.455. The van der Waals surface area contributed by atoms with Gasteiger partial charge in [0.25, 0.3) is 0 Å². The first-order valence-corrected chi connectivity index (χ1v) is 17.2. The van der Waals surface area contributed by atoms with Crippen molar-refractivity contribution >= 4 is 75.8 Å². The van der Waals surface area contributed by atoms with E-state index in [1.807, 2.05) is 26.8 Å². The second kappa shape index (κ2) is 11.6. The highest BCUT2D eigenvalue weighted by atomic mass is 127. The first-order valence-electron chi connectivity index (χ1n) is 10.6. The summed E-state index contributed by atoms with van der Waals surface area (Å²) in [5, 5.41) is 5.47. The van der Waals surface area contributed by atoms with Crippen molar-refractivity contribution in [1.29, 1.82) is 0 Å². The average molecular weight is 591 g/mol. The zero-order valence-corrected chi connectivity index (χ0v) is 23.5. The molecule has 5 nitrogen and oxygen atoms in total. The van der Waals surface area contributed by atoms with Crippen LogP contribution in [0.2, 0.25) is 5.15 Å². The van der Waals surface area contributed by atoms with Gasteiger partial charge in [-0.25, -0.2) is 9.97 Å². The number of nitrogens with zero attached hydrogens (tertiary/aromatic N) is 3. The third-order valence-electron chi connectivity index (χ3n) is 5.30. The predicted octanol–water partition coefficient (Wildman–Crippen LogP) is 7.22. The van der Waals surface area contributed by atoms with Crippen LogP contribution in [0.25, 0.3) is 11.2 Å². The van der Waals surface area contributed by atoms with Crippen LogP contribution in [0.15, 0.2) is 24.3 Å². The molecule has 1 fully saturated rings. The average Bonchev–Trinajstić information content (AvgIpc) is 3.10. The molecule has 1 unspecified atom stereocenters. The molecule has 168 valence electrons. The molecule has 1 aliphatic rings. The largest absolute Gasteiger partial charge is 0.381 e. The molecule has 1 atom stereocenters. The summed E-state index contributed by atoms with van der Waals surface area (Å²) in [5.41, 5.74) is 5.17. The lowest BCUT2D eigenvalue weighted by Crippen LogP contribution is -2.16. The van der Waals surface area contributed by atoms with Crippen molar-refractivity contribution in [3.63, 3.8) is 0 Å². The second-order valence-corrected chi connectivity index (χ2v) is 12.1. The maximum absolute atomic E-state index is 6.36. The Bertz CT molecular complexity index is 1040. The van der Waals surface area contributed by atoms with E-state index in [1.54, 1.807) is 0 Å². The number of halogens is 2. The van der Waals surface area contributed by atoms with Crippen LogP contribution >= 0.6 is 47.9 Å². The molecular weight excluding hydrogens is 561 g/mol. The maximum Gasteiger partial charge on any atom is 0.167 e. The van der Waals surface area contributed by atoms with E-state index in [0.29, 0.717) is 17.4 Å². The van der Waals surface area contributed by atoms with Crippen molar-refractivity contribution < 1.29 is 4.74 Å². The summed E-state index contributed by atoms with van der Waals surface area (Å²) in [6.45, 7) is 12.3. The zero-order chi connectivity index (χ0) is 22.5. The van der Waals surface area contributed by atoms with Gasteiger partial charge >= 0.3 is 0 Å². The van der Waals surface area contributed by atoms with Crippen molar-refractivity contribution in [2.75, 3.05) is 31.9 Å². The first kappa shape index (κ1) is 25.1. The van der Waals surface area contributed by atoms with Crippen LogP contribution in [0.1, 0.15) is 44.0 Å². The minimum absolute atomic E-state index is 0.273. The van der Waals surface area contributed by atoms with Gasteiger partial charge < -0.3 is 10.1 Å². The molecule has 1 saturated heterocycles. The van der Waals surface area contributed by atoms with E-state index in [-0.39, 0.29) is 7.92 Å². The van der Waals surface area contributed by atoms with E-state index in [2.05, 4.69) is 68.2 Å². The Morgan fingerprint density at radius 1 is 1.16 bits per heavy atom. The van der Waals surface area contributed by atoms with Gasteiger partial charge in [-0.2, -0.15) is 0 Å². The van der Waals surface area contributed by atoms with Gasteiger partial charge in [-0.3, -0.25) is 4.34 Å². The van der Waals surface area contributed by atoms with E-state index in [0.717, 1.165) is 54.4 Å². The van der Waals surface area contributed by atoms with Gasteiger partial charge in [-0.05, 0) is 84.1 Å². The Hall–Kier alpha value is -0.520. The molecule has 0 spiro atoms. The van der Waals surface area contributed by atoms with Crippen molar-refractivity contribution in [3.8, 4) is 0 Å². The molecule has 0 aliphatic carbocycles. The van der Waals surface area contributed by atoms with E-state index < -0.39 is 0 Å². The van der Waals surface area contributed by atoms with Crippen LogP contribution < -0.4 is 10.6 Å². The Balaban J connectivity index is 0.00000132. The topological polar surface area (TPSA) is 52.0 Å². The van der Waals surface area contributed by atoms with E-state index >= 15 is 0 Å². The first-order chi connectivity index (χ1) is 15.0. The van der Waals surface area contributed by atoms with Crippen LogP contribution in [-0.2, 0) is 4.74 Å². The van der Waals surface area contributed by atoms with E-state index in [4.69, 9.17) is 21.3 Å². The van der Waals surface area contributed by atoms with Gasteiger partial charge in [0, 0.05) is 25.0 Å². The summed E-state index contributed by atoms with van der Waals surface area (Å²) in [6.07, 6.45) is 2.74. The van der Waals surface area contributed by atoms with Crippen LogP contribution in [0, 0.1) is 6.92 Å². The molecule has 2 aromatic heterocycles. The van der Waals surface area contributed by atoms with Gasteiger partial charge in [0.2, 0.25) is 0 Å². The Labute approximate surface area is 206 Å². The number of aromatic nitrogens is 3. The van der Waals surface area contributed by atoms with Crippen molar-refractivity contribution in [2.45, 2.75) is 39.5 Å². The summed E-state index contributed by atoms with van der Waals surface area (Å²) in [7, 11) is -0.273. The third kappa shape index (κ3) is 5.70.